The first-order chi connectivity index (χ1) is 8.96. The van der Waals surface area contributed by atoms with Crippen molar-refractivity contribution in [3.05, 3.63) is 24.3 Å². The van der Waals surface area contributed by atoms with Crippen molar-refractivity contribution in [2.75, 3.05) is 12.3 Å². The van der Waals surface area contributed by atoms with Gasteiger partial charge >= 0.3 is 6.18 Å². The van der Waals surface area contributed by atoms with E-state index in [1.807, 2.05) is 0 Å². The molecule has 2 rings (SSSR count). The number of rotatable bonds is 4. The molecule has 2 N–H and O–H groups in total. The van der Waals surface area contributed by atoms with E-state index in [1.54, 1.807) is 6.07 Å². The normalized spacial score (nSPS) is 11.7. The molecule has 9 heteroatoms. The molecule has 2 aromatic rings. The highest BCUT2D eigenvalue weighted by molar-refractivity contribution is 5.68. The van der Waals surface area contributed by atoms with Crippen LogP contribution >= 0.6 is 0 Å². The van der Waals surface area contributed by atoms with E-state index in [1.165, 1.54) is 12.4 Å². The molecule has 0 saturated heterocycles. The van der Waals surface area contributed by atoms with Crippen molar-refractivity contribution in [3.63, 3.8) is 0 Å². The van der Waals surface area contributed by atoms with Crippen LogP contribution in [0.1, 0.15) is 5.82 Å². The van der Waals surface area contributed by atoms with Crippen LogP contribution in [0.4, 0.5) is 18.9 Å². The first-order valence-electron chi connectivity index (χ1n) is 5.12. The standard InChI is InChI=1S/C10H9F3N4O2/c11-10(12,13)5-18-4-8-16-9(19-17-8)6-1-2-15-3-7(6)14/h1-3H,4-5,14H2. The topological polar surface area (TPSA) is 87.1 Å². The summed E-state index contributed by atoms with van der Waals surface area (Å²) in [5.74, 6) is 0.112. The molecule has 0 aromatic carbocycles. The fraction of sp³-hybridized carbons (Fsp3) is 0.300. The summed E-state index contributed by atoms with van der Waals surface area (Å²) in [4.78, 5) is 7.67. The van der Waals surface area contributed by atoms with E-state index in [-0.39, 0.29) is 11.7 Å². The van der Waals surface area contributed by atoms with Gasteiger partial charge in [-0.2, -0.15) is 18.2 Å². The first kappa shape index (κ1) is 13.3. The van der Waals surface area contributed by atoms with Crippen molar-refractivity contribution in [1.29, 1.82) is 0 Å². The Kier molecular flexibility index (Phi) is 3.65. The van der Waals surface area contributed by atoms with Crippen molar-refractivity contribution in [2.45, 2.75) is 12.8 Å². The third-order valence-corrected chi connectivity index (χ3v) is 2.05. The van der Waals surface area contributed by atoms with Gasteiger partial charge in [-0.25, -0.2) is 0 Å². The Morgan fingerprint density at radius 3 is 2.84 bits per heavy atom. The average molecular weight is 274 g/mol. The summed E-state index contributed by atoms with van der Waals surface area (Å²) in [5.41, 5.74) is 6.44. The second-order valence-electron chi connectivity index (χ2n) is 3.59. The van der Waals surface area contributed by atoms with E-state index < -0.39 is 19.4 Å². The van der Waals surface area contributed by atoms with Gasteiger partial charge < -0.3 is 15.0 Å². The number of hydrogen-bond donors (Lipinski definition) is 1. The summed E-state index contributed by atoms with van der Waals surface area (Å²) >= 11 is 0. The number of alkyl halides is 3. The van der Waals surface area contributed by atoms with Gasteiger partial charge in [-0.15, -0.1) is 0 Å². The lowest BCUT2D eigenvalue weighted by Crippen LogP contribution is -2.16. The van der Waals surface area contributed by atoms with E-state index in [2.05, 4.69) is 19.9 Å². The highest BCUT2D eigenvalue weighted by Gasteiger charge is 2.27. The molecule has 0 bridgehead atoms. The van der Waals surface area contributed by atoms with Gasteiger partial charge in [-0.05, 0) is 6.07 Å². The first-order valence-corrected chi connectivity index (χ1v) is 5.12. The lowest BCUT2D eigenvalue weighted by atomic mass is 10.2. The molecule has 0 aliphatic heterocycles. The van der Waals surface area contributed by atoms with Gasteiger partial charge in [0.25, 0.3) is 5.89 Å². The monoisotopic (exact) mass is 274 g/mol. The Labute approximate surface area is 105 Å². The van der Waals surface area contributed by atoms with Crippen LogP contribution in [0, 0.1) is 0 Å². The molecule has 0 atom stereocenters. The second kappa shape index (κ2) is 5.22. The number of pyridine rings is 1. The molecule has 2 aromatic heterocycles. The Bertz CT molecular complexity index is 556. The number of nitrogens with zero attached hydrogens (tertiary/aromatic N) is 3. The maximum absolute atomic E-state index is 11.9. The lowest BCUT2D eigenvalue weighted by Gasteiger charge is -2.04. The molecule has 2 heterocycles. The predicted molar refractivity (Wildman–Crippen MR) is 57.7 cm³/mol. The molecule has 0 aliphatic rings. The van der Waals surface area contributed by atoms with Crippen LogP contribution in [0.25, 0.3) is 11.5 Å². The Morgan fingerprint density at radius 2 is 2.16 bits per heavy atom. The molecule has 0 amide bonds. The van der Waals surface area contributed by atoms with Crippen LogP contribution in [-0.2, 0) is 11.3 Å². The summed E-state index contributed by atoms with van der Waals surface area (Å²) in [6, 6.07) is 1.56. The summed E-state index contributed by atoms with van der Waals surface area (Å²) in [6.45, 7) is -1.76. The van der Waals surface area contributed by atoms with Crippen molar-refractivity contribution in [1.82, 2.24) is 15.1 Å². The second-order valence-corrected chi connectivity index (χ2v) is 3.59. The molecule has 102 valence electrons. The quantitative estimate of drug-likeness (QED) is 0.914. The largest absolute Gasteiger partial charge is 0.411 e. The molecule has 0 unspecified atom stereocenters. The van der Waals surface area contributed by atoms with Crippen molar-refractivity contribution < 1.29 is 22.4 Å². The molecule has 0 fully saturated rings. The number of ether oxygens (including phenoxy) is 1. The van der Waals surface area contributed by atoms with E-state index in [0.717, 1.165) is 0 Å². The molecular weight excluding hydrogens is 265 g/mol. The smallest absolute Gasteiger partial charge is 0.397 e. The Morgan fingerprint density at radius 1 is 1.37 bits per heavy atom. The fourth-order valence-corrected chi connectivity index (χ4v) is 1.28. The number of nitrogens with two attached hydrogens (primary N) is 1. The lowest BCUT2D eigenvalue weighted by molar-refractivity contribution is -0.177. The Balaban J connectivity index is 2.02. The maximum Gasteiger partial charge on any atom is 0.411 e. The Hall–Kier alpha value is -2.16. The summed E-state index contributed by atoms with van der Waals surface area (Å²) in [5, 5.41) is 3.50. The zero-order chi connectivity index (χ0) is 13.9. The summed E-state index contributed by atoms with van der Waals surface area (Å²) in [6.07, 6.45) is -1.50. The van der Waals surface area contributed by atoms with Crippen molar-refractivity contribution >= 4 is 5.69 Å². The van der Waals surface area contributed by atoms with Crippen LogP contribution in [0.15, 0.2) is 23.0 Å². The fourth-order valence-electron chi connectivity index (χ4n) is 1.28. The zero-order valence-corrected chi connectivity index (χ0v) is 9.52. The third kappa shape index (κ3) is 3.65. The maximum atomic E-state index is 11.9. The minimum absolute atomic E-state index is 0.00969. The summed E-state index contributed by atoms with van der Waals surface area (Å²) < 4.78 is 44.9. The highest BCUT2D eigenvalue weighted by atomic mass is 19.4. The number of hydrogen-bond acceptors (Lipinski definition) is 6. The molecule has 19 heavy (non-hydrogen) atoms. The van der Waals surface area contributed by atoms with E-state index in [0.29, 0.717) is 11.3 Å². The van der Waals surface area contributed by atoms with Gasteiger partial charge in [0.05, 0.1) is 17.4 Å². The molecule has 6 nitrogen and oxygen atoms in total. The SMILES string of the molecule is Nc1cnccc1-c1nc(COCC(F)(F)F)no1. The molecule has 0 spiro atoms. The van der Waals surface area contributed by atoms with E-state index in [9.17, 15) is 13.2 Å². The highest BCUT2D eigenvalue weighted by Crippen LogP contribution is 2.23. The molecular formula is C10H9F3N4O2. The minimum Gasteiger partial charge on any atom is -0.397 e. The van der Waals surface area contributed by atoms with Crippen molar-refractivity contribution in [2.24, 2.45) is 0 Å². The van der Waals surface area contributed by atoms with Crippen LogP contribution in [0.5, 0.6) is 0 Å². The molecule has 0 saturated carbocycles. The number of nitrogen functional groups attached to an aromatic ring is 1. The third-order valence-electron chi connectivity index (χ3n) is 2.05. The zero-order valence-electron chi connectivity index (χ0n) is 9.52. The van der Waals surface area contributed by atoms with E-state index in [4.69, 9.17) is 10.3 Å². The van der Waals surface area contributed by atoms with Crippen LogP contribution in [-0.4, -0.2) is 27.9 Å². The van der Waals surface area contributed by atoms with Crippen LogP contribution in [0.3, 0.4) is 0 Å². The van der Waals surface area contributed by atoms with Crippen LogP contribution < -0.4 is 5.73 Å². The van der Waals surface area contributed by atoms with Crippen molar-refractivity contribution in [3.8, 4) is 11.5 Å². The number of halogens is 3. The average Bonchev–Trinajstić information content (AvgIpc) is 2.76. The van der Waals surface area contributed by atoms with Gasteiger partial charge in [0.2, 0.25) is 0 Å². The van der Waals surface area contributed by atoms with Gasteiger partial charge in [0.15, 0.2) is 5.82 Å². The predicted octanol–water partition coefficient (Wildman–Crippen LogP) is 1.79. The molecule has 0 aliphatic carbocycles. The van der Waals surface area contributed by atoms with Gasteiger partial charge in [0.1, 0.15) is 13.2 Å². The van der Waals surface area contributed by atoms with Gasteiger partial charge in [0, 0.05) is 6.20 Å². The summed E-state index contributed by atoms with van der Waals surface area (Å²) in [7, 11) is 0. The number of anilines is 1. The molecule has 0 radical (unpaired) electrons. The minimum atomic E-state index is -4.39. The van der Waals surface area contributed by atoms with Gasteiger partial charge in [-0.3, -0.25) is 4.98 Å². The van der Waals surface area contributed by atoms with Crippen LogP contribution in [0.2, 0.25) is 0 Å². The van der Waals surface area contributed by atoms with Gasteiger partial charge in [-0.1, -0.05) is 5.16 Å². The number of aromatic nitrogens is 3. The van der Waals surface area contributed by atoms with E-state index >= 15 is 0 Å².